The molecule has 0 radical (unpaired) electrons. The zero-order valence-corrected chi connectivity index (χ0v) is 32.7. The van der Waals surface area contributed by atoms with E-state index in [1.165, 1.54) is 12.5 Å². The molecule has 1 aliphatic heterocycles. The molecule has 4 aromatic rings. The van der Waals surface area contributed by atoms with Crippen LogP contribution in [0.15, 0.2) is 78.3 Å². The predicted molar refractivity (Wildman–Crippen MR) is 219 cm³/mol. The number of aromatic nitrogens is 3. The Kier molecular flexibility index (Phi) is 15.7. The second-order valence-corrected chi connectivity index (χ2v) is 14.3. The van der Waals surface area contributed by atoms with Crippen LogP contribution in [0.3, 0.4) is 0 Å². The maximum atomic E-state index is 14.3. The molecule has 2 aromatic heterocycles. The van der Waals surface area contributed by atoms with E-state index >= 15 is 0 Å². The molecule has 60 heavy (non-hydrogen) atoms. The number of imidazole rings is 1. The largest absolute Gasteiger partial charge is 0.481 e. The van der Waals surface area contributed by atoms with Crippen molar-refractivity contribution in [3.05, 3.63) is 90.1 Å². The van der Waals surface area contributed by atoms with Crippen LogP contribution in [-0.4, -0.2) is 111 Å². The smallest absolute Gasteiger partial charge is 0.303 e. The lowest BCUT2D eigenvalue weighted by Crippen LogP contribution is -2.59. The first-order valence-corrected chi connectivity index (χ1v) is 19.5. The first-order valence-electron chi connectivity index (χ1n) is 19.5. The summed E-state index contributed by atoms with van der Waals surface area (Å²) in [6.07, 6.45) is 3.55. The number of H-pyrrole nitrogens is 2. The van der Waals surface area contributed by atoms with Crippen LogP contribution in [-0.2, 0) is 52.8 Å². The number of aliphatic carboxylic acids is 1. The number of carboxylic acids is 1. The molecule has 1 aliphatic rings. The van der Waals surface area contributed by atoms with Crippen molar-refractivity contribution in [1.82, 2.24) is 46.9 Å². The van der Waals surface area contributed by atoms with E-state index in [-0.39, 0.29) is 64.0 Å². The first-order chi connectivity index (χ1) is 28.9. The molecule has 1 fully saturated rings. The number of nitrogens with one attached hydrogen (secondary N) is 8. The summed E-state index contributed by atoms with van der Waals surface area (Å²) in [6.45, 7) is -0.140. The number of benzene rings is 2. The number of nitrogens with two attached hydrogens (primary N) is 2. The van der Waals surface area contributed by atoms with Gasteiger partial charge in [0.2, 0.25) is 35.4 Å². The molecule has 20 nitrogen and oxygen atoms in total. The SMILES string of the molecule is NC(N)=NCCC[C@@H]1NC(=O)[C@@H](Cc2ccccc2)NC(=O)[C@H](Cc2cnc[nH]2)NC(=O)CCNC(=O)[C@H](CCC(=O)O)NC(=O)[C@H](Cc2c[nH]c3ccccc23)NC1=O. The van der Waals surface area contributed by atoms with Crippen molar-refractivity contribution in [1.29, 1.82) is 0 Å². The molecule has 0 bridgehead atoms. The van der Waals surface area contributed by atoms with Gasteiger partial charge in [-0.05, 0) is 36.5 Å². The summed E-state index contributed by atoms with van der Waals surface area (Å²) in [7, 11) is 0. The lowest BCUT2D eigenvalue weighted by Gasteiger charge is -2.27. The number of guanidine groups is 1. The van der Waals surface area contributed by atoms with Gasteiger partial charge >= 0.3 is 5.97 Å². The molecule has 0 spiro atoms. The van der Waals surface area contributed by atoms with Crippen LogP contribution in [0.2, 0.25) is 0 Å². The fourth-order valence-electron chi connectivity index (χ4n) is 6.70. The number of rotatable bonds is 13. The maximum absolute atomic E-state index is 14.3. The number of aliphatic imine (C=N–C) groups is 1. The minimum absolute atomic E-state index is 0.000828. The zero-order chi connectivity index (χ0) is 43.0. The Morgan fingerprint density at radius 3 is 2.00 bits per heavy atom. The van der Waals surface area contributed by atoms with Gasteiger partial charge in [-0.3, -0.25) is 38.6 Å². The molecule has 1 saturated heterocycles. The van der Waals surface area contributed by atoms with E-state index in [1.807, 2.05) is 24.3 Å². The molecule has 5 rings (SSSR count). The molecular formula is C40H50N12O8. The van der Waals surface area contributed by atoms with Gasteiger partial charge in [-0.1, -0.05) is 48.5 Å². The minimum atomic E-state index is -1.38. The molecule has 20 heteroatoms. The number of para-hydroxylation sites is 1. The van der Waals surface area contributed by atoms with Crippen LogP contribution in [0.1, 0.15) is 48.9 Å². The van der Waals surface area contributed by atoms with E-state index in [0.717, 1.165) is 10.9 Å². The topological polar surface area (TPSA) is 321 Å². The molecule has 0 aliphatic carbocycles. The second-order valence-electron chi connectivity index (χ2n) is 14.3. The van der Waals surface area contributed by atoms with Gasteiger partial charge in [-0.15, -0.1) is 0 Å². The molecular weight excluding hydrogens is 777 g/mol. The summed E-state index contributed by atoms with van der Waals surface area (Å²) < 4.78 is 0. The minimum Gasteiger partial charge on any atom is -0.481 e. The number of hydrogen-bond acceptors (Lipinski definition) is 9. The van der Waals surface area contributed by atoms with Crippen LogP contribution < -0.4 is 43.4 Å². The fraction of sp³-hybridized carbons (Fsp3) is 0.375. The average Bonchev–Trinajstić information content (AvgIpc) is 3.89. The van der Waals surface area contributed by atoms with E-state index in [2.05, 4.69) is 51.8 Å². The number of nitrogens with zero attached hydrogens (tertiary/aromatic N) is 2. The van der Waals surface area contributed by atoms with Gasteiger partial charge in [-0.2, -0.15) is 0 Å². The molecule has 5 atom stereocenters. The monoisotopic (exact) mass is 826 g/mol. The van der Waals surface area contributed by atoms with Crippen molar-refractivity contribution in [3.63, 3.8) is 0 Å². The number of aromatic amines is 2. The number of fused-ring (bicyclic) bond motifs is 1. The van der Waals surface area contributed by atoms with Gasteiger partial charge in [0.1, 0.15) is 30.2 Å². The molecule has 2 aromatic carbocycles. The molecule has 0 saturated carbocycles. The highest BCUT2D eigenvalue weighted by molar-refractivity contribution is 5.97. The van der Waals surface area contributed by atoms with E-state index < -0.39 is 78.0 Å². The van der Waals surface area contributed by atoms with Crippen molar-refractivity contribution in [3.8, 4) is 0 Å². The summed E-state index contributed by atoms with van der Waals surface area (Å²) >= 11 is 0. The normalized spacial score (nSPS) is 21.2. The van der Waals surface area contributed by atoms with Gasteiger partial charge in [0.05, 0.1) is 6.33 Å². The highest BCUT2D eigenvalue weighted by Crippen LogP contribution is 2.20. The van der Waals surface area contributed by atoms with Gasteiger partial charge < -0.3 is 58.4 Å². The molecule has 0 unspecified atom stereocenters. The Labute approximate surface area is 344 Å². The van der Waals surface area contributed by atoms with Crippen LogP contribution in [0, 0.1) is 0 Å². The Balaban J connectivity index is 1.53. The lowest BCUT2D eigenvalue weighted by atomic mass is 10.0. The molecule has 6 amide bonds. The van der Waals surface area contributed by atoms with E-state index in [0.29, 0.717) is 16.8 Å². The number of hydrogen-bond donors (Lipinski definition) is 11. The standard InChI is InChI=1S/C40H50N12O8/c41-40(42)45-15-6-11-28-36(57)52-31(18-24-20-46-27-10-5-4-9-26(24)27)38(59)50-29(12-13-34(54)55)35(56)44-16-14-33(53)48-32(19-25-21-43-22-47-25)39(60)51-30(37(58)49-28)17-23-7-2-1-3-8-23/h1-5,7-10,20-22,28-32,46H,6,11-19H2,(H,43,47)(H,44,56)(H,48,53)(H,49,58)(H,50,59)(H,51,60)(H,52,57)(H,54,55)(H4,41,42,45)/t28-,29-,30+,31-,32-/m0/s1. The van der Waals surface area contributed by atoms with Crippen LogP contribution in [0.25, 0.3) is 10.9 Å². The summed E-state index contributed by atoms with van der Waals surface area (Å²) in [5.41, 5.74) is 13.6. The van der Waals surface area contributed by atoms with Crippen LogP contribution in [0.4, 0.5) is 0 Å². The van der Waals surface area contributed by atoms with Crippen LogP contribution in [0.5, 0.6) is 0 Å². The van der Waals surface area contributed by atoms with Crippen molar-refractivity contribution in [2.24, 2.45) is 16.5 Å². The predicted octanol–water partition coefficient (Wildman–Crippen LogP) is -1.22. The highest BCUT2D eigenvalue weighted by atomic mass is 16.4. The fourth-order valence-corrected chi connectivity index (χ4v) is 6.70. The Morgan fingerprint density at radius 2 is 1.33 bits per heavy atom. The number of carbonyl (C=O) groups excluding carboxylic acids is 6. The Hall–Kier alpha value is -7.25. The van der Waals surface area contributed by atoms with Crippen molar-refractivity contribution < 1.29 is 38.7 Å². The van der Waals surface area contributed by atoms with Gasteiger partial charge in [0.25, 0.3) is 0 Å². The van der Waals surface area contributed by atoms with E-state index in [1.54, 1.807) is 36.5 Å². The van der Waals surface area contributed by atoms with Crippen LogP contribution >= 0.6 is 0 Å². The first kappa shape index (κ1) is 43.9. The number of amides is 6. The van der Waals surface area contributed by atoms with Gasteiger partial charge in [0, 0.05) is 74.2 Å². The van der Waals surface area contributed by atoms with Gasteiger partial charge in [0.15, 0.2) is 5.96 Å². The average molecular weight is 827 g/mol. The van der Waals surface area contributed by atoms with Crippen molar-refractivity contribution in [2.75, 3.05) is 13.1 Å². The third-order valence-corrected chi connectivity index (χ3v) is 9.79. The van der Waals surface area contributed by atoms with E-state index in [9.17, 15) is 38.7 Å². The van der Waals surface area contributed by atoms with Crippen molar-refractivity contribution in [2.45, 2.75) is 81.6 Å². The maximum Gasteiger partial charge on any atom is 0.303 e. The van der Waals surface area contributed by atoms with Crippen molar-refractivity contribution >= 4 is 58.3 Å². The summed E-state index contributed by atoms with van der Waals surface area (Å²) in [5.74, 6) is -5.83. The highest BCUT2D eigenvalue weighted by Gasteiger charge is 2.34. The molecule has 13 N–H and O–H groups in total. The summed E-state index contributed by atoms with van der Waals surface area (Å²) in [4.78, 5) is 109. The third-order valence-electron chi connectivity index (χ3n) is 9.79. The second kappa shape index (κ2) is 21.5. The Morgan fingerprint density at radius 1 is 0.717 bits per heavy atom. The van der Waals surface area contributed by atoms with Gasteiger partial charge in [-0.25, -0.2) is 4.98 Å². The number of carbonyl (C=O) groups is 7. The third kappa shape index (κ3) is 13.1. The zero-order valence-electron chi connectivity index (χ0n) is 32.7. The Bertz CT molecular complexity index is 2150. The molecule has 318 valence electrons. The van der Waals surface area contributed by atoms with E-state index in [4.69, 9.17) is 11.5 Å². The summed E-state index contributed by atoms with van der Waals surface area (Å²) in [5, 5.41) is 26.3. The lowest BCUT2D eigenvalue weighted by molar-refractivity contribution is -0.138. The quantitative estimate of drug-likeness (QED) is 0.0431. The molecule has 3 heterocycles. The summed E-state index contributed by atoms with van der Waals surface area (Å²) in [6, 6.07) is 9.67. The number of carboxylic acid groups (broad SMARTS) is 1.